The van der Waals surface area contributed by atoms with Crippen LogP contribution in [0.5, 0.6) is 5.75 Å². The second-order valence-electron chi connectivity index (χ2n) is 5.14. The molecule has 2 aromatic carbocycles. The van der Waals surface area contributed by atoms with Crippen molar-refractivity contribution in [3.05, 3.63) is 54.6 Å². The normalized spacial score (nSPS) is 11.1. The quantitative estimate of drug-likeness (QED) is 0.595. The molecule has 0 amide bonds. The van der Waals surface area contributed by atoms with E-state index in [0.717, 1.165) is 16.6 Å². The third-order valence-electron chi connectivity index (χ3n) is 3.68. The first-order valence-electron chi connectivity index (χ1n) is 7.00. The van der Waals surface area contributed by atoms with Gasteiger partial charge in [-0.25, -0.2) is 4.98 Å². The van der Waals surface area contributed by atoms with Crippen LogP contribution in [0.15, 0.2) is 54.6 Å². The molecule has 4 rings (SSSR count). The number of aromatic nitrogens is 4. The van der Waals surface area contributed by atoms with E-state index in [1.807, 2.05) is 54.6 Å². The monoisotopic (exact) mass is 290 g/mol. The van der Waals surface area contributed by atoms with Gasteiger partial charge in [0, 0.05) is 12.6 Å². The lowest BCUT2D eigenvalue weighted by Crippen LogP contribution is -1.95. The molecule has 108 valence electrons. The number of para-hydroxylation sites is 2. The highest BCUT2D eigenvalue weighted by Gasteiger charge is 2.20. The molecule has 2 aromatic heterocycles. The first-order chi connectivity index (χ1) is 10.7. The smallest absolute Gasteiger partial charge is 0.173 e. The molecule has 0 fully saturated rings. The van der Waals surface area contributed by atoms with Gasteiger partial charge in [0.2, 0.25) is 0 Å². The van der Waals surface area contributed by atoms with Crippen LogP contribution in [-0.4, -0.2) is 24.9 Å². The van der Waals surface area contributed by atoms with Crippen LogP contribution in [0.4, 0.5) is 0 Å². The Balaban J connectivity index is 1.91. The number of rotatable bonds is 2. The van der Waals surface area contributed by atoms with Gasteiger partial charge in [-0.05, 0) is 12.1 Å². The summed E-state index contributed by atoms with van der Waals surface area (Å²) in [6, 6.07) is 17.4. The molecule has 0 aliphatic heterocycles. The standard InChI is InChI=1S/C17H14N4O/c1-21-15(17-18-12-9-5-6-10-13(12)19-17)16(22)14(20-21)11-7-3-2-4-8-11/h2-10,22H,1H3,(H,18,19). The molecule has 22 heavy (non-hydrogen) atoms. The summed E-state index contributed by atoms with van der Waals surface area (Å²) in [5.41, 5.74) is 3.80. The number of nitrogens with one attached hydrogen (secondary N) is 1. The van der Waals surface area contributed by atoms with Crippen molar-refractivity contribution in [1.29, 1.82) is 0 Å². The van der Waals surface area contributed by atoms with E-state index in [1.165, 1.54) is 0 Å². The Morgan fingerprint density at radius 3 is 2.50 bits per heavy atom. The van der Waals surface area contributed by atoms with Gasteiger partial charge in [-0.2, -0.15) is 5.10 Å². The number of nitrogens with zero attached hydrogens (tertiary/aromatic N) is 3. The van der Waals surface area contributed by atoms with Gasteiger partial charge in [-0.1, -0.05) is 42.5 Å². The zero-order valence-corrected chi connectivity index (χ0v) is 12.0. The van der Waals surface area contributed by atoms with Crippen molar-refractivity contribution >= 4 is 11.0 Å². The molecule has 2 heterocycles. The minimum atomic E-state index is 0.132. The van der Waals surface area contributed by atoms with Crippen LogP contribution in [-0.2, 0) is 7.05 Å². The fourth-order valence-electron chi connectivity index (χ4n) is 2.63. The predicted molar refractivity (Wildman–Crippen MR) is 85.4 cm³/mol. The molecule has 0 aliphatic carbocycles. The van der Waals surface area contributed by atoms with E-state index in [-0.39, 0.29) is 5.75 Å². The van der Waals surface area contributed by atoms with Crippen LogP contribution >= 0.6 is 0 Å². The van der Waals surface area contributed by atoms with Crippen molar-refractivity contribution in [2.24, 2.45) is 7.05 Å². The molecule has 4 aromatic rings. The zero-order chi connectivity index (χ0) is 15.1. The summed E-state index contributed by atoms with van der Waals surface area (Å²) < 4.78 is 1.65. The van der Waals surface area contributed by atoms with E-state index in [9.17, 15) is 5.11 Å². The van der Waals surface area contributed by atoms with Crippen LogP contribution < -0.4 is 0 Å². The van der Waals surface area contributed by atoms with E-state index in [2.05, 4.69) is 15.1 Å². The molecule has 0 aliphatic rings. The van der Waals surface area contributed by atoms with Crippen molar-refractivity contribution in [3.8, 4) is 28.5 Å². The van der Waals surface area contributed by atoms with Crippen LogP contribution in [0, 0.1) is 0 Å². The van der Waals surface area contributed by atoms with E-state index < -0.39 is 0 Å². The Morgan fingerprint density at radius 1 is 1.00 bits per heavy atom. The van der Waals surface area contributed by atoms with Crippen molar-refractivity contribution < 1.29 is 5.11 Å². The van der Waals surface area contributed by atoms with Gasteiger partial charge in [0.25, 0.3) is 0 Å². The first-order valence-corrected chi connectivity index (χ1v) is 7.00. The maximum Gasteiger partial charge on any atom is 0.173 e. The topological polar surface area (TPSA) is 66.7 Å². The zero-order valence-electron chi connectivity index (χ0n) is 12.0. The van der Waals surface area contributed by atoms with Crippen molar-refractivity contribution in [2.45, 2.75) is 0 Å². The van der Waals surface area contributed by atoms with Gasteiger partial charge in [-0.3, -0.25) is 4.68 Å². The van der Waals surface area contributed by atoms with Gasteiger partial charge in [0.05, 0.1) is 11.0 Å². The lowest BCUT2D eigenvalue weighted by molar-refractivity contribution is 0.478. The average Bonchev–Trinajstić information content (AvgIpc) is 3.08. The van der Waals surface area contributed by atoms with E-state index in [1.54, 1.807) is 11.7 Å². The Hall–Kier alpha value is -3.08. The van der Waals surface area contributed by atoms with E-state index >= 15 is 0 Å². The highest BCUT2D eigenvalue weighted by molar-refractivity contribution is 5.82. The van der Waals surface area contributed by atoms with Gasteiger partial charge in [0.1, 0.15) is 11.4 Å². The summed E-state index contributed by atoms with van der Waals surface area (Å²) in [5, 5.41) is 15.0. The third kappa shape index (κ3) is 1.87. The van der Waals surface area contributed by atoms with Gasteiger partial charge >= 0.3 is 0 Å². The molecular weight excluding hydrogens is 276 g/mol. The maximum absolute atomic E-state index is 10.6. The number of aryl methyl sites for hydroxylation is 1. The van der Waals surface area contributed by atoms with Crippen LogP contribution in [0.1, 0.15) is 0 Å². The highest BCUT2D eigenvalue weighted by Crippen LogP contribution is 2.36. The molecule has 0 radical (unpaired) electrons. The summed E-state index contributed by atoms with van der Waals surface area (Å²) in [4.78, 5) is 7.76. The Bertz CT molecular complexity index is 920. The van der Waals surface area contributed by atoms with Crippen LogP contribution in [0.3, 0.4) is 0 Å². The predicted octanol–water partition coefficient (Wildman–Crippen LogP) is 3.34. The molecule has 0 atom stereocenters. The SMILES string of the molecule is Cn1nc(-c2ccccc2)c(O)c1-c1nc2ccccc2[nH]1. The lowest BCUT2D eigenvalue weighted by Gasteiger charge is -1.98. The van der Waals surface area contributed by atoms with Gasteiger partial charge < -0.3 is 10.1 Å². The molecule has 0 bridgehead atoms. The van der Waals surface area contributed by atoms with Crippen molar-refractivity contribution in [1.82, 2.24) is 19.7 Å². The van der Waals surface area contributed by atoms with E-state index in [4.69, 9.17) is 0 Å². The number of H-pyrrole nitrogens is 1. The van der Waals surface area contributed by atoms with Gasteiger partial charge in [0.15, 0.2) is 11.6 Å². The number of fused-ring (bicyclic) bond motifs is 1. The van der Waals surface area contributed by atoms with Crippen molar-refractivity contribution in [2.75, 3.05) is 0 Å². The molecular formula is C17H14N4O. The Labute approximate surface area is 126 Å². The number of benzene rings is 2. The van der Waals surface area contributed by atoms with Crippen LogP contribution in [0.25, 0.3) is 33.8 Å². The molecule has 5 nitrogen and oxygen atoms in total. The number of hydrogen-bond donors (Lipinski definition) is 2. The van der Waals surface area contributed by atoms with Crippen molar-refractivity contribution in [3.63, 3.8) is 0 Å². The van der Waals surface area contributed by atoms with Gasteiger partial charge in [-0.15, -0.1) is 0 Å². The van der Waals surface area contributed by atoms with Crippen LogP contribution in [0.2, 0.25) is 0 Å². The average molecular weight is 290 g/mol. The molecule has 0 saturated heterocycles. The summed E-state index contributed by atoms with van der Waals surface area (Å²) in [6.45, 7) is 0. The molecule has 0 unspecified atom stereocenters. The fourth-order valence-corrected chi connectivity index (χ4v) is 2.63. The molecule has 0 spiro atoms. The number of aromatic hydroxyl groups is 1. The Morgan fingerprint density at radius 2 is 1.73 bits per heavy atom. The Kier molecular flexibility index (Phi) is 2.72. The minimum Gasteiger partial charge on any atom is -0.504 e. The highest BCUT2D eigenvalue weighted by atomic mass is 16.3. The second-order valence-corrected chi connectivity index (χ2v) is 5.14. The lowest BCUT2D eigenvalue weighted by atomic mass is 10.1. The molecule has 2 N–H and O–H groups in total. The summed E-state index contributed by atoms with van der Waals surface area (Å²) >= 11 is 0. The number of aromatic amines is 1. The number of hydrogen-bond acceptors (Lipinski definition) is 3. The molecule has 5 heteroatoms. The maximum atomic E-state index is 10.6. The van der Waals surface area contributed by atoms with E-state index in [0.29, 0.717) is 17.2 Å². The first kappa shape index (κ1) is 12.6. The third-order valence-corrected chi connectivity index (χ3v) is 3.68. The largest absolute Gasteiger partial charge is 0.504 e. The summed E-state index contributed by atoms with van der Waals surface area (Å²) in [5.74, 6) is 0.739. The number of imidazole rings is 1. The fraction of sp³-hybridized carbons (Fsp3) is 0.0588. The minimum absolute atomic E-state index is 0.132. The molecule has 0 saturated carbocycles. The summed E-state index contributed by atoms with van der Waals surface area (Å²) in [6.07, 6.45) is 0. The second kappa shape index (κ2) is 4.73. The summed E-state index contributed by atoms with van der Waals surface area (Å²) in [7, 11) is 1.80.